The van der Waals surface area contributed by atoms with Crippen LogP contribution in [0.15, 0.2) is 24.3 Å². The maximum Gasteiger partial charge on any atom is 0.223 e. The van der Waals surface area contributed by atoms with Crippen molar-refractivity contribution in [3.05, 3.63) is 34.9 Å². The summed E-state index contributed by atoms with van der Waals surface area (Å²) in [6, 6.07) is 8.30. The highest BCUT2D eigenvalue weighted by molar-refractivity contribution is 6.30. The molecule has 128 valence electrons. The van der Waals surface area contributed by atoms with Gasteiger partial charge in [0.1, 0.15) is 0 Å². The number of hydrogen-bond donors (Lipinski definition) is 1. The minimum atomic E-state index is 0. The van der Waals surface area contributed by atoms with Gasteiger partial charge in [0.25, 0.3) is 0 Å². The number of nitrogens with zero attached hydrogens (tertiary/aromatic N) is 1. The van der Waals surface area contributed by atoms with Crippen molar-refractivity contribution < 1.29 is 4.79 Å². The first kappa shape index (κ1) is 18.6. The third-order valence-electron chi connectivity index (χ3n) is 5.21. The predicted molar refractivity (Wildman–Crippen MR) is 96.9 cm³/mol. The molecule has 1 heterocycles. The van der Waals surface area contributed by atoms with Crippen LogP contribution in [0.5, 0.6) is 0 Å². The number of rotatable bonds is 3. The van der Waals surface area contributed by atoms with Gasteiger partial charge in [0, 0.05) is 24.0 Å². The number of carbonyl (C=O) groups is 1. The van der Waals surface area contributed by atoms with E-state index in [9.17, 15) is 4.79 Å². The van der Waals surface area contributed by atoms with Crippen LogP contribution in [0.2, 0.25) is 5.02 Å². The summed E-state index contributed by atoms with van der Waals surface area (Å²) in [5.74, 6) is 0.631. The molecule has 0 aromatic heterocycles. The zero-order valence-electron chi connectivity index (χ0n) is 13.4. The highest BCUT2D eigenvalue weighted by Gasteiger charge is 2.32. The number of nitrogens with two attached hydrogens (primary N) is 1. The summed E-state index contributed by atoms with van der Waals surface area (Å²) < 4.78 is 0. The van der Waals surface area contributed by atoms with E-state index in [0.29, 0.717) is 12.3 Å². The van der Waals surface area contributed by atoms with Crippen LogP contribution in [0.1, 0.15) is 56.6 Å². The lowest BCUT2D eigenvalue weighted by molar-refractivity contribution is -0.133. The van der Waals surface area contributed by atoms with Crippen molar-refractivity contribution in [2.45, 2.75) is 57.0 Å². The van der Waals surface area contributed by atoms with Gasteiger partial charge in [-0.3, -0.25) is 4.79 Å². The molecule has 1 aromatic carbocycles. The molecule has 1 saturated heterocycles. The molecule has 2 N–H and O–H groups in total. The van der Waals surface area contributed by atoms with Crippen LogP contribution < -0.4 is 5.73 Å². The first-order valence-corrected chi connectivity index (χ1v) is 8.83. The Bertz CT molecular complexity index is 538. The second kappa shape index (κ2) is 8.36. The second-order valence-electron chi connectivity index (χ2n) is 6.71. The fraction of sp³-hybridized carbons (Fsp3) is 0.611. The average molecular weight is 357 g/mol. The number of carbonyl (C=O) groups excluding carboxylic acids is 1. The van der Waals surface area contributed by atoms with E-state index in [0.717, 1.165) is 42.8 Å². The lowest BCUT2D eigenvalue weighted by atomic mass is 9.82. The van der Waals surface area contributed by atoms with Gasteiger partial charge in [-0.1, -0.05) is 36.6 Å². The fourth-order valence-electron chi connectivity index (χ4n) is 3.96. The van der Waals surface area contributed by atoms with Crippen molar-refractivity contribution in [1.29, 1.82) is 0 Å². The van der Waals surface area contributed by atoms with Crippen LogP contribution in [0, 0.1) is 5.92 Å². The molecule has 0 radical (unpaired) electrons. The number of hydrogen-bond acceptors (Lipinski definition) is 2. The van der Waals surface area contributed by atoms with Crippen LogP contribution in [0.4, 0.5) is 0 Å². The molecule has 1 amide bonds. The summed E-state index contributed by atoms with van der Waals surface area (Å²) in [5, 5.41) is 0.742. The van der Waals surface area contributed by atoms with Gasteiger partial charge < -0.3 is 10.6 Å². The van der Waals surface area contributed by atoms with Gasteiger partial charge >= 0.3 is 0 Å². The smallest absolute Gasteiger partial charge is 0.223 e. The first-order valence-electron chi connectivity index (χ1n) is 8.45. The van der Waals surface area contributed by atoms with Crippen molar-refractivity contribution in [1.82, 2.24) is 4.90 Å². The highest BCUT2D eigenvalue weighted by atomic mass is 35.5. The molecule has 2 fully saturated rings. The number of amides is 1. The van der Waals surface area contributed by atoms with Crippen LogP contribution in [-0.2, 0) is 4.79 Å². The van der Waals surface area contributed by atoms with Crippen LogP contribution in [0.25, 0.3) is 0 Å². The zero-order chi connectivity index (χ0) is 15.5. The molecule has 1 aromatic rings. The van der Waals surface area contributed by atoms with E-state index in [-0.39, 0.29) is 30.4 Å². The highest BCUT2D eigenvalue weighted by Crippen LogP contribution is 2.35. The average Bonchev–Trinajstić information content (AvgIpc) is 2.99. The van der Waals surface area contributed by atoms with Gasteiger partial charge in [-0.05, 0) is 49.3 Å². The lowest BCUT2D eigenvalue weighted by Gasteiger charge is -2.31. The zero-order valence-corrected chi connectivity index (χ0v) is 15.0. The Morgan fingerprint density at radius 3 is 2.74 bits per heavy atom. The molecule has 3 nitrogen and oxygen atoms in total. The SMILES string of the molecule is Cl.NC1CCCCC1CC(=O)N1CCCC1c1cccc(Cl)c1. The summed E-state index contributed by atoms with van der Waals surface area (Å²) in [7, 11) is 0. The molecule has 23 heavy (non-hydrogen) atoms. The summed E-state index contributed by atoms with van der Waals surface area (Å²) in [5.41, 5.74) is 7.36. The van der Waals surface area contributed by atoms with E-state index in [1.54, 1.807) is 0 Å². The minimum Gasteiger partial charge on any atom is -0.336 e. The van der Waals surface area contributed by atoms with Gasteiger partial charge in [-0.25, -0.2) is 0 Å². The third-order valence-corrected chi connectivity index (χ3v) is 5.45. The molecule has 3 atom stereocenters. The van der Waals surface area contributed by atoms with Crippen molar-refractivity contribution in [3.8, 4) is 0 Å². The monoisotopic (exact) mass is 356 g/mol. The van der Waals surface area contributed by atoms with E-state index in [1.807, 2.05) is 23.1 Å². The van der Waals surface area contributed by atoms with Crippen molar-refractivity contribution >= 4 is 29.9 Å². The maximum atomic E-state index is 12.8. The topological polar surface area (TPSA) is 46.3 Å². The second-order valence-corrected chi connectivity index (χ2v) is 7.15. The lowest BCUT2D eigenvalue weighted by Crippen LogP contribution is -2.38. The van der Waals surface area contributed by atoms with E-state index in [1.165, 1.54) is 12.8 Å². The fourth-order valence-corrected chi connectivity index (χ4v) is 4.16. The van der Waals surface area contributed by atoms with Gasteiger partial charge in [-0.15, -0.1) is 12.4 Å². The molecule has 3 unspecified atom stereocenters. The van der Waals surface area contributed by atoms with Crippen LogP contribution in [-0.4, -0.2) is 23.4 Å². The Kier molecular flexibility index (Phi) is 6.75. The Morgan fingerprint density at radius 2 is 2.00 bits per heavy atom. The number of likely N-dealkylation sites (tertiary alicyclic amines) is 1. The molecule has 0 spiro atoms. The van der Waals surface area contributed by atoms with Crippen molar-refractivity contribution in [3.63, 3.8) is 0 Å². The first-order chi connectivity index (χ1) is 10.6. The third kappa shape index (κ3) is 4.40. The van der Waals surface area contributed by atoms with Crippen molar-refractivity contribution in [2.24, 2.45) is 11.7 Å². The van der Waals surface area contributed by atoms with Crippen LogP contribution >= 0.6 is 24.0 Å². The number of benzene rings is 1. The summed E-state index contributed by atoms with van der Waals surface area (Å²) in [4.78, 5) is 14.8. The van der Waals surface area contributed by atoms with Crippen molar-refractivity contribution in [2.75, 3.05) is 6.54 Å². The van der Waals surface area contributed by atoms with E-state index in [2.05, 4.69) is 6.07 Å². The quantitative estimate of drug-likeness (QED) is 0.875. The molecular weight excluding hydrogens is 331 g/mol. The molecule has 5 heteroatoms. The summed E-state index contributed by atoms with van der Waals surface area (Å²) in [6.45, 7) is 0.859. The Labute approximate surface area is 150 Å². The van der Waals surface area contributed by atoms with E-state index in [4.69, 9.17) is 17.3 Å². The normalized spacial score (nSPS) is 27.6. The Balaban J connectivity index is 0.00000192. The molecule has 1 saturated carbocycles. The molecular formula is C18H26Cl2N2O. The van der Waals surface area contributed by atoms with Crippen LogP contribution in [0.3, 0.4) is 0 Å². The van der Waals surface area contributed by atoms with Gasteiger partial charge in [0.05, 0.1) is 6.04 Å². The number of halogens is 2. The summed E-state index contributed by atoms with van der Waals surface area (Å²) >= 11 is 6.11. The minimum absolute atomic E-state index is 0. The van der Waals surface area contributed by atoms with Gasteiger partial charge in [0.2, 0.25) is 5.91 Å². The molecule has 1 aliphatic carbocycles. The molecule has 1 aliphatic heterocycles. The molecule has 3 rings (SSSR count). The maximum absolute atomic E-state index is 12.8. The van der Waals surface area contributed by atoms with E-state index >= 15 is 0 Å². The Morgan fingerprint density at radius 1 is 1.22 bits per heavy atom. The predicted octanol–water partition coefficient (Wildman–Crippen LogP) is 4.33. The summed E-state index contributed by atoms with van der Waals surface area (Å²) in [6.07, 6.45) is 7.29. The largest absolute Gasteiger partial charge is 0.336 e. The van der Waals surface area contributed by atoms with Gasteiger partial charge in [0.15, 0.2) is 0 Å². The Hall–Kier alpha value is -0.770. The molecule has 0 bridgehead atoms. The van der Waals surface area contributed by atoms with Gasteiger partial charge in [-0.2, -0.15) is 0 Å². The van der Waals surface area contributed by atoms with E-state index < -0.39 is 0 Å². The molecule has 2 aliphatic rings. The standard InChI is InChI=1S/C18H25ClN2O.ClH/c19-15-7-3-6-14(11-15)17-9-4-10-21(17)18(22)12-13-5-1-2-8-16(13)20;/h3,6-7,11,13,16-17H,1-2,4-5,8-10,12,20H2;1H.